The van der Waals surface area contributed by atoms with Crippen molar-refractivity contribution in [2.45, 2.75) is 0 Å². The molecule has 0 atom stereocenters. The summed E-state index contributed by atoms with van der Waals surface area (Å²) < 4.78 is 18.0. The van der Waals surface area contributed by atoms with E-state index in [4.69, 9.17) is 10.5 Å². The number of hydrogen-bond donors (Lipinski definition) is 1. The average molecular weight is 192 g/mol. The number of nitrogens with zero attached hydrogens (tertiary/aromatic N) is 1. The molecular weight excluding hydrogens is 183 g/mol. The Morgan fingerprint density at radius 1 is 1.36 bits per heavy atom. The zero-order valence-electron chi connectivity index (χ0n) is 7.62. The molecule has 0 saturated carbocycles. The summed E-state index contributed by atoms with van der Waals surface area (Å²) >= 11 is 0. The lowest BCUT2D eigenvalue weighted by molar-refractivity contribution is 0.403. The van der Waals surface area contributed by atoms with Gasteiger partial charge in [-0.25, -0.2) is 9.37 Å². The summed E-state index contributed by atoms with van der Waals surface area (Å²) in [5.41, 5.74) is 6.11. The zero-order chi connectivity index (χ0) is 10.1. The van der Waals surface area contributed by atoms with Crippen LogP contribution in [-0.2, 0) is 0 Å². The zero-order valence-corrected chi connectivity index (χ0v) is 7.62. The number of fused-ring (bicyclic) bond motifs is 1. The van der Waals surface area contributed by atoms with Crippen LogP contribution in [0, 0.1) is 5.82 Å². The third-order valence-electron chi connectivity index (χ3n) is 2.04. The Balaban J connectivity index is 2.84. The largest absolute Gasteiger partial charge is 0.481 e. The van der Waals surface area contributed by atoms with Gasteiger partial charge < -0.3 is 10.5 Å². The van der Waals surface area contributed by atoms with E-state index in [1.54, 1.807) is 6.07 Å². The monoisotopic (exact) mass is 192 g/mol. The minimum atomic E-state index is -0.322. The molecule has 0 aliphatic heterocycles. The van der Waals surface area contributed by atoms with Crippen molar-refractivity contribution in [2.75, 3.05) is 12.8 Å². The molecule has 0 fully saturated rings. The molecule has 0 amide bonds. The predicted molar refractivity (Wildman–Crippen MR) is 52.7 cm³/mol. The van der Waals surface area contributed by atoms with Crippen LogP contribution in [0.4, 0.5) is 10.1 Å². The highest BCUT2D eigenvalue weighted by atomic mass is 19.1. The average Bonchev–Trinajstić information content (AvgIpc) is 2.19. The quantitative estimate of drug-likeness (QED) is 0.751. The van der Waals surface area contributed by atoms with Crippen molar-refractivity contribution in [1.29, 1.82) is 0 Å². The maximum Gasteiger partial charge on any atom is 0.221 e. The second-order valence-corrected chi connectivity index (χ2v) is 2.91. The van der Waals surface area contributed by atoms with Crippen molar-refractivity contribution in [3.63, 3.8) is 0 Å². The van der Waals surface area contributed by atoms with Crippen molar-refractivity contribution in [2.24, 2.45) is 0 Å². The molecule has 2 aromatic rings. The Bertz CT molecular complexity index is 485. The summed E-state index contributed by atoms with van der Waals surface area (Å²) in [5.74, 6) is 0.131. The maximum atomic E-state index is 12.9. The van der Waals surface area contributed by atoms with Crippen LogP contribution in [0.15, 0.2) is 24.4 Å². The first kappa shape index (κ1) is 8.74. The first-order valence-electron chi connectivity index (χ1n) is 4.10. The SMILES string of the molecule is COc1ncc(N)c2cc(F)ccc12. The first-order valence-corrected chi connectivity index (χ1v) is 4.10. The van der Waals surface area contributed by atoms with E-state index < -0.39 is 0 Å². The fraction of sp³-hybridized carbons (Fsp3) is 0.100. The number of hydrogen-bond acceptors (Lipinski definition) is 3. The Morgan fingerprint density at radius 2 is 2.14 bits per heavy atom. The van der Waals surface area contributed by atoms with Crippen molar-refractivity contribution >= 4 is 16.5 Å². The number of nitrogens with two attached hydrogens (primary N) is 1. The van der Waals surface area contributed by atoms with Gasteiger partial charge in [0, 0.05) is 10.8 Å². The first-order chi connectivity index (χ1) is 6.72. The van der Waals surface area contributed by atoms with E-state index in [-0.39, 0.29) is 5.82 Å². The normalized spacial score (nSPS) is 10.4. The number of ether oxygens (including phenoxy) is 1. The Kier molecular flexibility index (Phi) is 1.96. The Morgan fingerprint density at radius 3 is 2.86 bits per heavy atom. The van der Waals surface area contributed by atoms with Crippen LogP contribution in [0.2, 0.25) is 0 Å². The van der Waals surface area contributed by atoms with E-state index in [1.165, 1.54) is 25.4 Å². The highest BCUT2D eigenvalue weighted by Crippen LogP contribution is 2.27. The molecule has 1 aromatic carbocycles. The summed E-state index contributed by atoms with van der Waals surface area (Å²) in [7, 11) is 1.52. The summed E-state index contributed by atoms with van der Waals surface area (Å²) in [4.78, 5) is 3.98. The molecule has 0 spiro atoms. The predicted octanol–water partition coefficient (Wildman–Crippen LogP) is 1.96. The lowest BCUT2D eigenvalue weighted by Gasteiger charge is -2.05. The van der Waals surface area contributed by atoms with Crippen LogP contribution < -0.4 is 10.5 Å². The molecule has 0 saturated heterocycles. The second kappa shape index (κ2) is 3.14. The van der Waals surface area contributed by atoms with Crippen LogP contribution in [0.1, 0.15) is 0 Å². The van der Waals surface area contributed by atoms with E-state index in [1.807, 2.05) is 0 Å². The molecule has 3 nitrogen and oxygen atoms in total. The van der Waals surface area contributed by atoms with Crippen molar-refractivity contribution < 1.29 is 9.13 Å². The number of halogens is 1. The summed E-state index contributed by atoms with van der Waals surface area (Å²) in [6.07, 6.45) is 1.46. The fourth-order valence-corrected chi connectivity index (χ4v) is 1.37. The number of aromatic nitrogens is 1. The summed E-state index contributed by atoms with van der Waals surface area (Å²) in [5, 5.41) is 1.34. The highest BCUT2D eigenvalue weighted by Gasteiger charge is 2.06. The molecule has 14 heavy (non-hydrogen) atoms. The van der Waals surface area contributed by atoms with Gasteiger partial charge >= 0.3 is 0 Å². The highest BCUT2D eigenvalue weighted by molar-refractivity contribution is 5.95. The minimum Gasteiger partial charge on any atom is -0.481 e. The van der Waals surface area contributed by atoms with Gasteiger partial charge in [0.1, 0.15) is 5.82 Å². The Labute approximate surface area is 80.3 Å². The van der Waals surface area contributed by atoms with Crippen LogP contribution in [-0.4, -0.2) is 12.1 Å². The van der Waals surface area contributed by atoms with Crippen molar-refractivity contribution in [1.82, 2.24) is 4.98 Å². The van der Waals surface area contributed by atoms with Gasteiger partial charge in [0.25, 0.3) is 0 Å². The van der Waals surface area contributed by atoms with Crippen LogP contribution >= 0.6 is 0 Å². The van der Waals surface area contributed by atoms with E-state index in [0.717, 1.165) is 0 Å². The van der Waals surface area contributed by atoms with E-state index >= 15 is 0 Å². The molecule has 1 heterocycles. The maximum absolute atomic E-state index is 12.9. The topological polar surface area (TPSA) is 48.1 Å². The Hall–Kier alpha value is -1.84. The number of anilines is 1. The molecule has 0 radical (unpaired) electrons. The number of benzene rings is 1. The van der Waals surface area contributed by atoms with Gasteiger partial charge in [0.15, 0.2) is 0 Å². The van der Waals surface area contributed by atoms with E-state index in [9.17, 15) is 4.39 Å². The molecule has 1 aromatic heterocycles. The van der Waals surface area contributed by atoms with Crippen molar-refractivity contribution in [3.05, 3.63) is 30.2 Å². The summed E-state index contributed by atoms with van der Waals surface area (Å²) in [6.45, 7) is 0. The minimum absolute atomic E-state index is 0.322. The third-order valence-corrected chi connectivity index (χ3v) is 2.04. The van der Waals surface area contributed by atoms with Crippen molar-refractivity contribution in [3.8, 4) is 5.88 Å². The molecule has 0 bridgehead atoms. The number of methoxy groups -OCH3 is 1. The van der Waals surface area contributed by atoms with Crippen LogP contribution in [0.25, 0.3) is 10.8 Å². The van der Waals surface area contributed by atoms with Gasteiger partial charge in [0.05, 0.1) is 19.0 Å². The molecule has 72 valence electrons. The molecule has 0 aliphatic rings. The lowest BCUT2D eigenvalue weighted by atomic mass is 10.1. The lowest BCUT2D eigenvalue weighted by Crippen LogP contribution is -1.94. The molecule has 0 aliphatic carbocycles. The van der Waals surface area contributed by atoms with Gasteiger partial charge in [-0.2, -0.15) is 0 Å². The van der Waals surface area contributed by atoms with Gasteiger partial charge in [0.2, 0.25) is 5.88 Å². The van der Waals surface area contributed by atoms with E-state index in [2.05, 4.69) is 4.98 Å². The number of pyridine rings is 1. The van der Waals surface area contributed by atoms with Crippen LogP contribution in [0.3, 0.4) is 0 Å². The fourth-order valence-electron chi connectivity index (χ4n) is 1.37. The number of nitrogen functional groups attached to an aromatic ring is 1. The molecule has 0 unspecified atom stereocenters. The summed E-state index contributed by atoms with van der Waals surface area (Å²) in [6, 6.07) is 4.33. The molecule has 2 rings (SSSR count). The van der Waals surface area contributed by atoms with Gasteiger partial charge in [-0.15, -0.1) is 0 Å². The molecule has 2 N–H and O–H groups in total. The number of rotatable bonds is 1. The van der Waals surface area contributed by atoms with E-state index in [0.29, 0.717) is 22.3 Å². The molecule has 4 heteroatoms. The second-order valence-electron chi connectivity index (χ2n) is 2.91. The third kappa shape index (κ3) is 1.25. The van der Waals surface area contributed by atoms with Gasteiger partial charge in [-0.05, 0) is 18.2 Å². The molecular formula is C10H9FN2O. The smallest absolute Gasteiger partial charge is 0.221 e. The standard InChI is InChI=1S/C10H9FN2O/c1-14-10-7-3-2-6(11)4-8(7)9(12)5-13-10/h2-5H,12H2,1H3. The van der Waals surface area contributed by atoms with Gasteiger partial charge in [-0.3, -0.25) is 0 Å². The van der Waals surface area contributed by atoms with Gasteiger partial charge in [-0.1, -0.05) is 0 Å². The van der Waals surface area contributed by atoms with Crippen LogP contribution in [0.5, 0.6) is 5.88 Å².